The first-order chi connectivity index (χ1) is 45.0. The number of amides is 3. The molecule has 3 amide bonds. The lowest BCUT2D eigenvalue weighted by Gasteiger charge is -2.18. The van der Waals surface area contributed by atoms with Crippen LogP contribution in [0.15, 0.2) is 0 Å². The number of rotatable bonds is 67. The number of ketones is 5. The molecule has 23 heteroatoms. The molecule has 0 radical (unpaired) electrons. The predicted molar refractivity (Wildman–Crippen MR) is 365 cm³/mol. The van der Waals surface area contributed by atoms with Crippen LogP contribution in [-0.4, -0.2) is 146 Å². The molecule has 0 fully saturated rings. The molecule has 0 aliphatic heterocycles. The molecule has 0 unspecified atom stereocenters. The highest BCUT2D eigenvalue weighted by Crippen LogP contribution is 2.20. The topological polar surface area (TPSA) is 406 Å². The molecule has 6 atom stereocenters. The number of Topliss-reactive ketones (excluding diaryl/α,β-unsaturated/α-hetero) is 5. The van der Waals surface area contributed by atoms with E-state index in [9.17, 15) is 67.7 Å². The number of hydrogen-bond donors (Lipinski definition) is 11. The largest absolute Gasteiger partial charge is 0.481 e. The average Bonchev–Trinajstić information content (AvgIpc) is 1.52. The zero-order chi connectivity index (χ0) is 70.6. The average molecular weight is 1340 g/mol. The highest BCUT2D eigenvalue weighted by molar-refractivity contribution is 5.88. The molecule has 0 aliphatic carbocycles. The van der Waals surface area contributed by atoms with Gasteiger partial charge >= 0.3 is 23.9 Å². The second-order valence-electron chi connectivity index (χ2n) is 25.6. The van der Waals surface area contributed by atoms with Gasteiger partial charge in [0, 0.05) is 76.8 Å². The summed E-state index contributed by atoms with van der Waals surface area (Å²) in [7, 11) is 0. The fraction of sp³-hybridized carbons (Fsp3) is 0.831. The quantitative estimate of drug-likeness (QED) is 0.0252. The normalized spacial score (nSPS) is 13.0. The highest BCUT2D eigenvalue weighted by atomic mass is 16.4. The lowest BCUT2D eigenvalue weighted by molar-refractivity contribution is -0.144. The monoisotopic (exact) mass is 1340 g/mol. The first-order valence-electron chi connectivity index (χ1n) is 36.2. The van der Waals surface area contributed by atoms with Crippen LogP contribution in [-0.2, 0) is 57.5 Å². The Morgan fingerprint density at radius 3 is 1.32 bits per heavy atom. The SMILES string of the molecule is CCCCC(=O)[C@@H](N)CCCCCC(=O)CC[C@H](CC(=O)CCCCCCCCCCCCC(=O)O)C(=O)O.CCC[C@H](NCC(=O)[C@@H](CC)CCCCNC(=O)[C@@H](N)CCCCNC(=O)CC[C@H](NC(=O)CCCCCCCCCCCCC(=O)O)C(=O)O)C(=O)CO. The van der Waals surface area contributed by atoms with Crippen LogP contribution in [0.25, 0.3) is 0 Å². The molecule has 94 heavy (non-hydrogen) atoms. The second kappa shape index (κ2) is 62.3. The molecule has 0 saturated heterocycles. The molecule has 0 aromatic carbocycles. The van der Waals surface area contributed by atoms with E-state index in [1.807, 2.05) is 20.8 Å². The van der Waals surface area contributed by atoms with Gasteiger partial charge in [-0.05, 0) is 103 Å². The summed E-state index contributed by atoms with van der Waals surface area (Å²) >= 11 is 0. The zero-order valence-corrected chi connectivity index (χ0v) is 58.1. The van der Waals surface area contributed by atoms with Crippen molar-refractivity contribution in [2.75, 3.05) is 26.2 Å². The lowest BCUT2D eigenvalue weighted by atomic mass is 9.93. The van der Waals surface area contributed by atoms with Gasteiger partial charge in [-0.3, -0.25) is 52.7 Å². The third-order valence-electron chi connectivity index (χ3n) is 17.2. The van der Waals surface area contributed by atoms with E-state index in [0.29, 0.717) is 96.6 Å². The maximum absolute atomic E-state index is 12.7. The molecule has 0 heterocycles. The van der Waals surface area contributed by atoms with Gasteiger partial charge in [0.2, 0.25) is 17.7 Å². The van der Waals surface area contributed by atoms with E-state index < -0.39 is 60.6 Å². The molecule has 0 aliphatic rings. The number of carbonyl (C=O) groups is 12. The Morgan fingerprint density at radius 2 is 0.830 bits per heavy atom. The number of carbonyl (C=O) groups excluding carboxylic acids is 8. The van der Waals surface area contributed by atoms with E-state index >= 15 is 0 Å². The van der Waals surface area contributed by atoms with Crippen molar-refractivity contribution < 1.29 is 83.1 Å². The minimum Gasteiger partial charge on any atom is -0.481 e. The maximum Gasteiger partial charge on any atom is 0.326 e. The summed E-state index contributed by atoms with van der Waals surface area (Å²) in [5.74, 6) is -5.72. The van der Waals surface area contributed by atoms with Crippen LogP contribution in [0, 0.1) is 11.8 Å². The molecule has 0 bridgehead atoms. The van der Waals surface area contributed by atoms with E-state index in [-0.39, 0.29) is 110 Å². The van der Waals surface area contributed by atoms with Crippen molar-refractivity contribution in [3.05, 3.63) is 0 Å². The molecule has 0 aromatic rings. The number of nitrogens with one attached hydrogen (secondary N) is 4. The highest BCUT2D eigenvalue weighted by Gasteiger charge is 2.25. The van der Waals surface area contributed by atoms with Gasteiger partial charge in [0.25, 0.3) is 0 Å². The first kappa shape index (κ1) is 90.5. The summed E-state index contributed by atoms with van der Waals surface area (Å²) in [6.07, 6.45) is 32.7. The fourth-order valence-electron chi connectivity index (χ4n) is 11.0. The van der Waals surface area contributed by atoms with Crippen LogP contribution >= 0.6 is 0 Å². The molecule has 23 nitrogen and oxygen atoms in total. The van der Waals surface area contributed by atoms with Crippen LogP contribution in [0.2, 0.25) is 0 Å². The van der Waals surface area contributed by atoms with E-state index in [4.69, 9.17) is 26.8 Å². The fourth-order valence-corrected chi connectivity index (χ4v) is 11.0. The van der Waals surface area contributed by atoms with Gasteiger partial charge in [0.1, 0.15) is 35.8 Å². The molecular weight excluding hydrogens is 1210 g/mol. The number of nitrogens with two attached hydrogens (primary N) is 2. The van der Waals surface area contributed by atoms with E-state index in [2.05, 4.69) is 21.3 Å². The molecule has 0 rings (SSSR count). The van der Waals surface area contributed by atoms with Gasteiger partial charge in [0.05, 0.1) is 30.6 Å². The van der Waals surface area contributed by atoms with Crippen molar-refractivity contribution in [2.24, 2.45) is 23.3 Å². The predicted octanol–water partition coefficient (Wildman–Crippen LogP) is 10.7. The van der Waals surface area contributed by atoms with Crippen LogP contribution in [0.5, 0.6) is 0 Å². The van der Waals surface area contributed by atoms with Gasteiger partial charge in [-0.25, -0.2) is 4.79 Å². The number of carboxylic acid groups (broad SMARTS) is 4. The van der Waals surface area contributed by atoms with E-state index in [1.165, 1.54) is 0 Å². The lowest BCUT2D eigenvalue weighted by Crippen LogP contribution is -2.42. The third kappa shape index (κ3) is 55.7. The van der Waals surface area contributed by atoms with Crippen molar-refractivity contribution in [1.82, 2.24) is 21.3 Å². The Labute approximate surface area is 562 Å². The van der Waals surface area contributed by atoms with E-state index in [1.54, 1.807) is 0 Å². The summed E-state index contributed by atoms with van der Waals surface area (Å²) < 4.78 is 0. The van der Waals surface area contributed by atoms with Gasteiger partial charge in [-0.1, -0.05) is 156 Å². The van der Waals surface area contributed by atoms with E-state index in [0.717, 1.165) is 161 Å². The first-order valence-corrected chi connectivity index (χ1v) is 36.2. The number of aliphatic hydroxyl groups is 1. The van der Waals surface area contributed by atoms with Crippen LogP contribution in [0.3, 0.4) is 0 Å². The summed E-state index contributed by atoms with van der Waals surface area (Å²) in [6, 6.07) is -2.77. The minimum atomic E-state index is -1.18. The smallest absolute Gasteiger partial charge is 0.326 e. The third-order valence-corrected chi connectivity index (χ3v) is 17.2. The Balaban J connectivity index is 0. The van der Waals surface area contributed by atoms with Crippen molar-refractivity contribution in [2.45, 2.75) is 340 Å². The standard InChI is InChI=1S/C40H73N5O10.C31H55NO7/c1-3-19-32(35(48)29-46)44-28-34(47)30(4-2)20-15-17-27-43-39(53)31(41)21-16-18-26-42-36(49)25-24-33(40(54)55)45-37(50)22-13-11-9-7-5-6-8-10-12-14-23-38(51)52;1-2-3-20-29(35)28(32)19-15-12-14-17-26(33)23-22-25(31(38)39)24-27(34)18-13-10-8-6-4-5-7-9-11-16-21-30(36)37/h30-33,44,46H,3-29,41H2,1-2H3,(H,42,49)(H,43,53)(H,45,50)(H,51,52)(H,54,55);25,28H,2-24,32H2,1H3,(H,36,37)(H,38,39)/t30-,31-,32-,33-;25-,28+/m01/s1. The zero-order valence-electron chi connectivity index (χ0n) is 58.1. The van der Waals surface area contributed by atoms with Gasteiger partial charge in [-0.15, -0.1) is 0 Å². The summed E-state index contributed by atoms with van der Waals surface area (Å²) in [4.78, 5) is 142. The van der Waals surface area contributed by atoms with Crippen molar-refractivity contribution in [3.8, 4) is 0 Å². The molecule has 544 valence electrons. The number of aliphatic carboxylic acids is 4. The van der Waals surface area contributed by atoms with Crippen molar-refractivity contribution in [1.29, 1.82) is 0 Å². The van der Waals surface area contributed by atoms with Crippen LogP contribution in [0.4, 0.5) is 0 Å². The molecular formula is C71H128N6O17. The van der Waals surface area contributed by atoms with Gasteiger partial charge in [0.15, 0.2) is 5.78 Å². The number of hydrogen-bond acceptors (Lipinski definition) is 16. The van der Waals surface area contributed by atoms with Crippen molar-refractivity contribution in [3.63, 3.8) is 0 Å². The Bertz CT molecular complexity index is 2110. The molecule has 13 N–H and O–H groups in total. The molecule has 0 aromatic heterocycles. The Hall–Kier alpha value is -5.52. The number of carboxylic acids is 4. The number of aliphatic hydroxyl groups excluding tert-OH is 1. The van der Waals surface area contributed by atoms with Gasteiger partial charge < -0.3 is 58.3 Å². The second-order valence-corrected chi connectivity index (χ2v) is 25.6. The summed E-state index contributed by atoms with van der Waals surface area (Å²) in [5.41, 5.74) is 12.0. The van der Waals surface area contributed by atoms with Gasteiger partial charge in [-0.2, -0.15) is 0 Å². The maximum atomic E-state index is 12.7. The number of unbranched alkanes of at least 4 members (excludes halogenated alkanes) is 23. The van der Waals surface area contributed by atoms with Crippen molar-refractivity contribution >= 4 is 70.5 Å². The summed E-state index contributed by atoms with van der Waals surface area (Å²) in [5, 5.41) is 56.5. The molecule has 0 spiro atoms. The van der Waals surface area contributed by atoms with Crippen LogP contribution in [0.1, 0.15) is 316 Å². The minimum absolute atomic E-state index is 0.00552. The Morgan fingerprint density at radius 1 is 0.362 bits per heavy atom. The Kier molecular flexibility index (Phi) is 60.0. The van der Waals surface area contributed by atoms with Crippen LogP contribution < -0.4 is 32.7 Å². The summed E-state index contributed by atoms with van der Waals surface area (Å²) in [6.45, 7) is 6.25. The molecule has 0 saturated carbocycles.